The molecule has 0 bridgehead atoms. The average molecular weight is 312 g/mol. The monoisotopic (exact) mass is 312 g/mol. The number of hydrogen-bond acceptors (Lipinski definition) is 5. The van der Waals surface area contributed by atoms with E-state index < -0.39 is 18.0 Å². The molecule has 0 heterocycles. The molecule has 0 aliphatic rings. The first kappa shape index (κ1) is 16.4. The van der Waals surface area contributed by atoms with Crippen LogP contribution in [0.15, 0.2) is 59.7 Å². The number of methoxy groups -OCH3 is 1. The third kappa shape index (κ3) is 4.49. The number of rotatable bonds is 5. The van der Waals surface area contributed by atoms with E-state index in [1.165, 1.54) is 13.3 Å². The summed E-state index contributed by atoms with van der Waals surface area (Å²) >= 11 is 0. The van der Waals surface area contributed by atoms with Crippen LogP contribution in [-0.4, -0.2) is 30.3 Å². The topological polar surface area (TPSA) is 88.0 Å². The molecule has 2 N–H and O–H groups in total. The van der Waals surface area contributed by atoms with E-state index in [2.05, 4.69) is 15.3 Å². The summed E-state index contributed by atoms with van der Waals surface area (Å²) in [7, 11) is 1.31. The molecule has 23 heavy (non-hydrogen) atoms. The van der Waals surface area contributed by atoms with Gasteiger partial charge in [0.2, 0.25) is 0 Å². The van der Waals surface area contributed by atoms with Crippen LogP contribution in [-0.2, 0) is 9.53 Å². The molecule has 0 spiro atoms. The van der Waals surface area contributed by atoms with Crippen molar-refractivity contribution in [2.75, 3.05) is 7.11 Å². The highest BCUT2D eigenvalue weighted by atomic mass is 16.5. The summed E-state index contributed by atoms with van der Waals surface area (Å²) < 4.78 is 4.60. The minimum absolute atomic E-state index is 0.423. The molecule has 0 fully saturated rings. The van der Waals surface area contributed by atoms with Gasteiger partial charge in [0.1, 0.15) is 0 Å². The van der Waals surface area contributed by atoms with Crippen molar-refractivity contribution >= 4 is 18.1 Å². The first-order valence-corrected chi connectivity index (χ1v) is 6.86. The standard InChI is InChI=1S/C17H16N2O4/c1-23-17(22)14-9-7-12(8-10-14)11-18-19-16(21)15(20)13-5-3-2-4-6-13/h2-11,15,20H,1H3,(H,19,21)/b18-11-/t15-/m0/s1. The molecule has 6 heteroatoms. The van der Waals surface area contributed by atoms with Crippen molar-refractivity contribution in [3.63, 3.8) is 0 Å². The lowest BCUT2D eigenvalue weighted by atomic mass is 10.1. The normalized spacial score (nSPS) is 11.9. The number of nitrogens with one attached hydrogen (secondary N) is 1. The van der Waals surface area contributed by atoms with E-state index in [1.807, 2.05) is 0 Å². The van der Waals surface area contributed by atoms with Gasteiger partial charge in [0, 0.05) is 0 Å². The van der Waals surface area contributed by atoms with E-state index >= 15 is 0 Å². The van der Waals surface area contributed by atoms with Crippen molar-refractivity contribution in [1.82, 2.24) is 5.43 Å². The quantitative estimate of drug-likeness (QED) is 0.499. The molecule has 6 nitrogen and oxygen atoms in total. The van der Waals surface area contributed by atoms with Gasteiger partial charge in [0.15, 0.2) is 6.10 Å². The van der Waals surface area contributed by atoms with E-state index in [-0.39, 0.29) is 0 Å². The molecule has 1 amide bonds. The molecule has 1 atom stereocenters. The predicted molar refractivity (Wildman–Crippen MR) is 84.9 cm³/mol. The number of hydrogen-bond donors (Lipinski definition) is 2. The second-order valence-electron chi connectivity index (χ2n) is 4.66. The average Bonchev–Trinajstić information content (AvgIpc) is 2.61. The minimum atomic E-state index is -1.28. The van der Waals surface area contributed by atoms with Gasteiger partial charge in [0.05, 0.1) is 18.9 Å². The number of aliphatic hydroxyl groups is 1. The van der Waals surface area contributed by atoms with Crippen LogP contribution in [0.4, 0.5) is 0 Å². The van der Waals surface area contributed by atoms with Crippen molar-refractivity contribution < 1.29 is 19.4 Å². The van der Waals surface area contributed by atoms with E-state index in [0.717, 1.165) is 0 Å². The molecule has 0 saturated heterocycles. The van der Waals surface area contributed by atoms with Gasteiger partial charge in [-0.3, -0.25) is 4.79 Å². The fourth-order valence-electron chi connectivity index (χ4n) is 1.84. The zero-order valence-corrected chi connectivity index (χ0v) is 12.5. The lowest BCUT2D eigenvalue weighted by Gasteiger charge is -2.08. The van der Waals surface area contributed by atoms with Gasteiger partial charge in [-0.05, 0) is 23.3 Å². The molecule has 0 aromatic heterocycles. The maximum atomic E-state index is 11.8. The molecule has 0 radical (unpaired) electrons. The van der Waals surface area contributed by atoms with Crippen molar-refractivity contribution in [2.45, 2.75) is 6.10 Å². The Bertz CT molecular complexity index is 696. The zero-order chi connectivity index (χ0) is 16.7. The van der Waals surface area contributed by atoms with Gasteiger partial charge in [-0.1, -0.05) is 42.5 Å². The Morgan fingerprint density at radius 1 is 1.13 bits per heavy atom. The van der Waals surface area contributed by atoms with Crippen LogP contribution in [0.3, 0.4) is 0 Å². The summed E-state index contributed by atoms with van der Waals surface area (Å²) in [5.41, 5.74) is 3.87. The molecule has 2 rings (SSSR count). The Morgan fingerprint density at radius 2 is 1.78 bits per heavy atom. The van der Waals surface area contributed by atoms with Crippen LogP contribution in [0.2, 0.25) is 0 Å². The molecular formula is C17H16N2O4. The number of nitrogens with zero attached hydrogens (tertiary/aromatic N) is 1. The Kier molecular flexibility index (Phi) is 5.60. The van der Waals surface area contributed by atoms with Gasteiger partial charge >= 0.3 is 5.97 Å². The van der Waals surface area contributed by atoms with Crippen LogP contribution < -0.4 is 5.43 Å². The van der Waals surface area contributed by atoms with Gasteiger partial charge in [0.25, 0.3) is 5.91 Å². The van der Waals surface area contributed by atoms with E-state index in [9.17, 15) is 14.7 Å². The van der Waals surface area contributed by atoms with Crippen molar-refractivity contribution in [1.29, 1.82) is 0 Å². The second-order valence-corrected chi connectivity index (χ2v) is 4.66. The van der Waals surface area contributed by atoms with Crippen molar-refractivity contribution in [3.8, 4) is 0 Å². The summed E-state index contributed by atoms with van der Waals surface area (Å²) in [5.74, 6) is -1.05. The minimum Gasteiger partial charge on any atom is -0.465 e. The largest absolute Gasteiger partial charge is 0.465 e. The lowest BCUT2D eigenvalue weighted by Crippen LogP contribution is -2.25. The highest BCUT2D eigenvalue weighted by molar-refractivity contribution is 5.91. The maximum Gasteiger partial charge on any atom is 0.337 e. The van der Waals surface area contributed by atoms with Gasteiger partial charge < -0.3 is 9.84 Å². The summed E-state index contributed by atoms with van der Waals surface area (Å²) in [5, 5.41) is 13.7. The molecule has 2 aromatic rings. The summed E-state index contributed by atoms with van der Waals surface area (Å²) in [6.07, 6.45) is 0.131. The van der Waals surface area contributed by atoms with Crippen LogP contribution in [0.1, 0.15) is 27.6 Å². The smallest absolute Gasteiger partial charge is 0.337 e. The number of ether oxygens (including phenoxy) is 1. The highest BCUT2D eigenvalue weighted by Crippen LogP contribution is 2.11. The maximum absolute atomic E-state index is 11.8. The second kappa shape index (κ2) is 7.86. The molecule has 0 unspecified atom stereocenters. The van der Waals surface area contributed by atoms with E-state index in [0.29, 0.717) is 16.7 Å². The number of carbonyl (C=O) groups excluding carboxylic acids is 2. The molecule has 118 valence electrons. The Hall–Kier alpha value is -2.99. The number of benzene rings is 2. The van der Waals surface area contributed by atoms with E-state index in [4.69, 9.17) is 0 Å². The fourth-order valence-corrected chi connectivity index (χ4v) is 1.84. The number of aliphatic hydroxyl groups excluding tert-OH is 1. The zero-order valence-electron chi connectivity index (χ0n) is 12.5. The van der Waals surface area contributed by atoms with Crippen molar-refractivity contribution in [2.24, 2.45) is 5.10 Å². The van der Waals surface area contributed by atoms with Gasteiger partial charge in [-0.15, -0.1) is 0 Å². The molecule has 0 saturated carbocycles. The number of esters is 1. The molecule has 0 aliphatic heterocycles. The number of carbonyl (C=O) groups is 2. The van der Waals surface area contributed by atoms with Gasteiger partial charge in [-0.2, -0.15) is 5.10 Å². The fraction of sp³-hybridized carbons (Fsp3) is 0.118. The molecule has 0 aliphatic carbocycles. The SMILES string of the molecule is COC(=O)c1ccc(/C=N\NC(=O)[C@@H](O)c2ccccc2)cc1. The number of amides is 1. The predicted octanol–water partition coefficient (Wildman–Crippen LogP) is 1.66. The molecule has 2 aromatic carbocycles. The van der Waals surface area contributed by atoms with Crippen LogP contribution in [0.5, 0.6) is 0 Å². The van der Waals surface area contributed by atoms with Crippen LogP contribution in [0, 0.1) is 0 Å². The first-order valence-electron chi connectivity index (χ1n) is 6.86. The Morgan fingerprint density at radius 3 is 2.39 bits per heavy atom. The Labute approximate surface area is 133 Å². The van der Waals surface area contributed by atoms with Gasteiger partial charge in [-0.25, -0.2) is 10.2 Å². The lowest BCUT2D eigenvalue weighted by molar-refractivity contribution is -0.129. The summed E-state index contributed by atoms with van der Waals surface area (Å²) in [6.45, 7) is 0. The van der Waals surface area contributed by atoms with E-state index in [1.54, 1.807) is 54.6 Å². The summed E-state index contributed by atoms with van der Waals surface area (Å²) in [6, 6.07) is 15.1. The summed E-state index contributed by atoms with van der Waals surface area (Å²) in [4.78, 5) is 23.1. The molecular weight excluding hydrogens is 296 g/mol. The van der Waals surface area contributed by atoms with Crippen LogP contribution in [0.25, 0.3) is 0 Å². The number of hydrazone groups is 1. The van der Waals surface area contributed by atoms with Crippen molar-refractivity contribution in [3.05, 3.63) is 71.3 Å². The van der Waals surface area contributed by atoms with Crippen LogP contribution >= 0.6 is 0 Å². The first-order chi connectivity index (χ1) is 11.1. The Balaban J connectivity index is 1.93. The third-order valence-corrected chi connectivity index (χ3v) is 3.08. The highest BCUT2D eigenvalue weighted by Gasteiger charge is 2.15. The third-order valence-electron chi connectivity index (χ3n) is 3.08.